The van der Waals surface area contributed by atoms with Crippen molar-refractivity contribution in [3.05, 3.63) is 76.3 Å². The second-order valence-electron chi connectivity index (χ2n) is 6.56. The van der Waals surface area contributed by atoms with Crippen LogP contribution in [-0.4, -0.2) is 6.54 Å². The summed E-state index contributed by atoms with van der Waals surface area (Å²) in [6.07, 6.45) is 8.89. The van der Waals surface area contributed by atoms with Gasteiger partial charge in [0.05, 0.1) is 0 Å². The molecular formula is C22H27Cl2NO. The van der Waals surface area contributed by atoms with Gasteiger partial charge in [-0.2, -0.15) is 0 Å². The Morgan fingerprint density at radius 2 is 1.81 bits per heavy atom. The first-order chi connectivity index (χ1) is 12.3. The number of hydrogen-bond donors (Lipinski definition) is 1. The Morgan fingerprint density at radius 1 is 1.00 bits per heavy atom. The molecule has 0 fully saturated rings. The third kappa shape index (κ3) is 6.68. The summed E-state index contributed by atoms with van der Waals surface area (Å²) in [7, 11) is 0. The lowest BCUT2D eigenvalue weighted by Crippen LogP contribution is -2.15. The number of hydrogen-bond acceptors (Lipinski definition) is 2. The summed E-state index contributed by atoms with van der Waals surface area (Å²) in [5, 5.41) is 4.28. The lowest BCUT2D eigenvalue weighted by atomic mass is 9.97. The van der Waals surface area contributed by atoms with Crippen molar-refractivity contribution in [3.63, 3.8) is 0 Å². The zero-order chi connectivity index (χ0) is 17.3. The molecule has 0 atom stereocenters. The minimum atomic E-state index is 0. The first-order valence-electron chi connectivity index (χ1n) is 9.15. The van der Waals surface area contributed by atoms with Crippen LogP contribution in [0.25, 0.3) is 0 Å². The van der Waals surface area contributed by atoms with Crippen molar-refractivity contribution < 1.29 is 4.74 Å². The van der Waals surface area contributed by atoms with Crippen molar-refractivity contribution in [1.82, 2.24) is 5.32 Å². The van der Waals surface area contributed by atoms with E-state index in [1.165, 1.54) is 37.7 Å². The number of ether oxygens (including phenoxy) is 1. The van der Waals surface area contributed by atoms with Crippen molar-refractivity contribution in [2.45, 2.75) is 45.3 Å². The van der Waals surface area contributed by atoms with E-state index >= 15 is 0 Å². The molecule has 0 radical (unpaired) electrons. The molecule has 2 aromatic rings. The van der Waals surface area contributed by atoms with Gasteiger partial charge in [-0.3, -0.25) is 0 Å². The van der Waals surface area contributed by atoms with Gasteiger partial charge in [0, 0.05) is 17.1 Å². The maximum absolute atomic E-state index is 6.15. The van der Waals surface area contributed by atoms with E-state index in [2.05, 4.69) is 23.5 Å². The van der Waals surface area contributed by atoms with Crippen LogP contribution in [0.4, 0.5) is 0 Å². The number of benzene rings is 2. The predicted octanol–water partition coefficient (Wildman–Crippen LogP) is 6.32. The van der Waals surface area contributed by atoms with Gasteiger partial charge in [-0.15, -0.1) is 12.4 Å². The van der Waals surface area contributed by atoms with Gasteiger partial charge < -0.3 is 10.1 Å². The fourth-order valence-corrected chi connectivity index (χ4v) is 3.28. The van der Waals surface area contributed by atoms with Crippen molar-refractivity contribution in [3.8, 4) is 5.75 Å². The largest absolute Gasteiger partial charge is 0.489 e. The quantitative estimate of drug-likeness (QED) is 0.419. The standard InChI is InChI=1S/C22H26ClNO.ClH/c23-22-9-5-4-8-20(22)17-25-21-12-10-19(11-13-21)16-24-15-14-18-6-2-1-3-7-18;/h4-6,8-13,24H,1-3,7,14-17H2;1H. The van der Waals surface area contributed by atoms with Crippen LogP contribution in [0.2, 0.25) is 5.02 Å². The first kappa shape index (κ1) is 20.8. The van der Waals surface area contributed by atoms with Crippen LogP contribution in [0.15, 0.2) is 60.2 Å². The molecule has 1 N–H and O–H groups in total. The Hall–Kier alpha value is -1.48. The summed E-state index contributed by atoms with van der Waals surface area (Å²) in [5.41, 5.74) is 3.91. The van der Waals surface area contributed by atoms with E-state index in [0.29, 0.717) is 6.61 Å². The van der Waals surface area contributed by atoms with Crippen molar-refractivity contribution in [1.29, 1.82) is 0 Å². The van der Waals surface area contributed by atoms with Gasteiger partial charge in [0.15, 0.2) is 0 Å². The van der Waals surface area contributed by atoms with E-state index < -0.39 is 0 Å². The second kappa shape index (κ2) is 11.3. The summed E-state index contributed by atoms with van der Waals surface area (Å²) in [4.78, 5) is 0. The SMILES string of the molecule is Cl.Clc1ccccc1COc1ccc(CNCCC2=CCCCC2)cc1. The van der Waals surface area contributed by atoms with Crippen LogP contribution >= 0.6 is 24.0 Å². The van der Waals surface area contributed by atoms with E-state index in [4.69, 9.17) is 16.3 Å². The minimum Gasteiger partial charge on any atom is -0.489 e. The zero-order valence-electron chi connectivity index (χ0n) is 15.0. The highest BCUT2D eigenvalue weighted by Gasteiger charge is 2.03. The summed E-state index contributed by atoms with van der Waals surface area (Å²) >= 11 is 6.15. The smallest absolute Gasteiger partial charge is 0.119 e. The molecule has 0 saturated carbocycles. The number of allylic oxidation sites excluding steroid dienone is 1. The molecule has 4 heteroatoms. The number of halogens is 2. The molecule has 2 aromatic carbocycles. The molecule has 1 aliphatic carbocycles. The topological polar surface area (TPSA) is 21.3 Å². The highest BCUT2D eigenvalue weighted by Crippen LogP contribution is 2.20. The molecule has 0 aliphatic heterocycles. The van der Waals surface area contributed by atoms with E-state index in [1.807, 2.05) is 36.4 Å². The maximum atomic E-state index is 6.15. The van der Waals surface area contributed by atoms with Gasteiger partial charge in [0.25, 0.3) is 0 Å². The Balaban J connectivity index is 0.00000243. The van der Waals surface area contributed by atoms with Gasteiger partial charge in [0.1, 0.15) is 12.4 Å². The molecule has 1 aliphatic rings. The maximum Gasteiger partial charge on any atom is 0.119 e. The summed E-state index contributed by atoms with van der Waals surface area (Å²) in [5.74, 6) is 0.871. The Morgan fingerprint density at radius 3 is 2.54 bits per heavy atom. The number of rotatable bonds is 8. The highest BCUT2D eigenvalue weighted by molar-refractivity contribution is 6.31. The molecule has 0 amide bonds. The monoisotopic (exact) mass is 391 g/mol. The summed E-state index contributed by atoms with van der Waals surface area (Å²) in [6, 6.07) is 16.1. The third-order valence-corrected chi connectivity index (χ3v) is 4.98. The molecule has 0 bridgehead atoms. The fraction of sp³-hybridized carbons (Fsp3) is 0.364. The molecule has 2 nitrogen and oxygen atoms in total. The average molecular weight is 392 g/mol. The lowest BCUT2D eigenvalue weighted by Gasteiger charge is -2.13. The van der Waals surface area contributed by atoms with Gasteiger partial charge in [-0.25, -0.2) is 0 Å². The van der Waals surface area contributed by atoms with Gasteiger partial charge in [0.2, 0.25) is 0 Å². The van der Waals surface area contributed by atoms with Crippen LogP contribution in [0.3, 0.4) is 0 Å². The lowest BCUT2D eigenvalue weighted by molar-refractivity contribution is 0.306. The zero-order valence-corrected chi connectivity index (χ0v) is 16.6. The molecule has 0 heterocycles. The van der Waals surface area contributed by atoms with Crippen molar-refractivity contribution in [2.75, 3.05) is 6.54 Å². The minimum absolute atomic E-state index is 0. The summed E-state index contributed by atoms with van der Waals surface area (Å²) < 4.78 is 5.82. The van der Waals surface area contributed by atoms with Gasteiger partial charge >= 0.3 is 0 Å². The second-order valence-corrected chi connectivity index (χ2v) is 6.97. The van der Waals surface area contributed by atoms with Crippen LogP contribution in [0.5, 0.6) is 5.75 Å². The van der Waals surface area contributed by atoms with Crippen LogP contribution < -0.4 is 10.1 Å². The molecular weight excluding hydrogens is 365 g/mol. The van der Waals surface area contributed by atoms with Crippen LogP contribution in [0, 0.1) is 0 Å². The van der Waals surface area contributed by atoms with Gasteiger partial charge in [-0.1, -0.05) is 53.6 Å². The summed E-state index contributed by atoms with van der Waals surface area (Å²) in [6.45, 7) is 2.45. The Bertz CT molecular complexity index is 698. The first-order valence-corrected chi connectivity index (χ1v) is 9.53. The molecule has 0 saturated heterocycles. The normalized spacial score (nSPS) is 13.7. The number of nitrogens with one attached hydrogen (secondary N) is 1. The van der Waals surface area contributed by atoms with Crippen LogP contribution in [-0.2, 0) is 13.2 Å². The van der Waals surface area contributed by atoms with E-state index in [1.54, 1.807) is 5.57 Å². The average Bonchev–Trinajstić information content (AvgIpc) is 2.66. The predicted molar refractivity (Wildman–Crippen MR) is 112 cm³/mol. The molecule has 26 heavy (non-hydrogen) atoms. The molecule has 0 unspecified atom stereocenters. The molecule has 0 spiro atoms. The third-order valence-electron chi connectivity index (χ3n) is 4.61. The van der Waals surface area contributed by atoms with Crippen LogP contribution in [0.1, 0.15) is 43.2 Å². The molecule has 3 rings (SSSR count). The van der Waals surface area contributed by atoms with E-state index in [0.717, 1.165) is 29.4 Å². The Labute approximate surface area is 168 Å². The fourth-order valence-electron chi connectivity index (χ4n) is 3.09. The molecule has 0 aromatic heterocycles. The molecule has 140 valence electrons. The van der Waals surface area contributed by atoms with Crippen molar-refractivity contribution >= 4 is 24.0 Å². The van der Waals surface area contributed by atoms with Crippen molar-refractivity contribution in [2.24, 2.45) is 0 Å². The Kier molecular flexibility index (Phi) is 9.04. The van der Waals surface area contributed by atoms with E-state index in [9.17, 15) is 0 Å². The highest BCUT2D eigenvalue weighted by atomic mass is 35.5. The van der Waals surface area contributed by atoms with E-state index in [-0.39, 0.29) is 12.4 Å². The van der Waals surface area contributed by atoms with Gasteiger partial charge in [-0.05, 0) is 62.4 Å².